The van der Waals surface area contributed by atoms with E-state index in [1.54, 1.807) is 0 Å². The summed E-state index contributed by atoms with van der Waals surface area (Å²) >= 11 is 0. The van der Waals surface area contributed by atoms with E-state index in [1.165, 1.54) is 31.2 Å². The highest BCUT2D eigenvalue weighted by Gasteiger charge is 2.16. The summed E-state index contributed by atoms with van der Waals surface area (Å²) in [6, 6.07) is 8.37. The van der Waals surface area contributed by atoms with Crippen LogP contribution in [0.5, 0.6) is 0 Å². The van der Waals surface area contributed by atoms with E-state index in [1.807, 2.05) is 12.1 Å². The number of anilines is 1. The molecule has 1 aliphatic heterocycles. The van der Waals surface area contributed by atoms with Crippen LogP contribution in [0, 0.1) is 5.92 Å². The molecule has 1 saturated heterocycles. The number of rotatable bonds is 6. The maximum atomic E-state index is 12.1. The van der Waals surface area contributed by atoms with E-state index in [4.69, 9.17) is 0 Å². The summed E-state index contributed by atoms with van der Waals surface area (Å²) in [5, 5.41) is 3.04. The van der Waals surface area contributed by atoms with E-state index < -0.39 is 0 Å². The average molecular weight is 329 g/mol. The Bertz CT molecular complexity index is 514. The van der Waals surface area contributed by atoms with Crippen molar-refractivity contribution in [3.8, 4) is 0 Å². The van der Waals surface area contributed by atoms with Gasteiger partial charge >= 0.3 is 0 Å². The number of benzene rings is 1. The predicted molar refractivity (Wildman–Crippen MR) is 99.0 cm³/mol. The SMILES string of the molecule is CN1CCN(Cc2ccc(NC(=O)CCC3CCCC3)cc2)CC1. The van der Waals surface area contributed by atoms with Gasteiger partial charge in [-0.1, -0.05) is 37.8 Å². The monoisotopic (exact) mass is 329 g/mol. The molecule has 1 heterocycles. The third kappa shape index (κ3) is 5.32. The number of nitrogens with one attached hydrogen (secondary N) is 1. The zero-order chi connectivity index (χ0) is 16.8. The molecule has 4 heteroatoms. The van der Waals surface area contributed by atoms with Gasteiger partial charge in [0.05, 0.1) is 0 Å². The lowest BCUT2D eigenvalue weighted by atomic mass is 10.0. The van der Waals surface area contributed by atoms with Gasteiger partial charge in [0.1, 0.15) is 0 Å². The normalized spacial score (nSPS) is 20.4. The number of nitrogens with zero attached hydrogens (tertiary/aromatic N) is 2. The van der Waals surface area contributed by atoms with Crippen LogP contribution in [0.1, 0.15) is 44.1 Å². The van der Waals surface area contributed by atoms with Gasteiger partial charge < -0.3 is 10.2 Å². The molecule has 0 spiro atoms. The van der Waals surface area contributed by atoms with E-state index in [0.717, 1.165) is 50.7 Å². The first-order chi connectivity index (χ1) is 11.7. The van der Waals surface area contributed by atoms with Crippen LogP contribution in [0.15, 0.2) is 24.3 Å². The van der Waals surface area contributed by atoms with Crippen molar-refractivity contribution in [1.82, 2.24) is 9.80 Å². The molecule has 0 atom stereocenters. The van der Waals surface area contributed by atoms with Crippen LogP contribution >= 0.6 is 0 Å². The van der Waals surface area contributed by atoms with Crippen molar-refractivity contribution in [3.05, 3.63) is 29.8 Å². The molecule has 0 aromatic heterocycles. The summed E-state index contributed by atoms with van der Waals surface area (Å²) in [4.78, 5) is 16.9. The lowest BCUT2D eigenvalue weighted by Gasteiger charge is -2.32. The summed E-state index contributed by atoms with van der Waals surface area (Å²) < 4.78 is 0. The Hall–Kier alpha value is -1.39. The molecule has 1 aromatic rings. The average Bonchev–Trinajstić information content (AvgIpc) is 3.10. The zero-order valence-corrected chi connectivity index (χ0v) is 15.0. The van der Waals surface area contributed by atoms with Gasteiger partial charge in [-0.25, -0.2) is 0 Å². The van der Waals surface area contributed by atoms with E-state index in [-0.39, 0.29) is 5.91 Å². The summed E-state index contributed by atoms with van der Waals surface area (Å²) in [5.74, 6) is 0.940. The van der Waals surface area contributed by atoms with E-state index in [9.17, 15) is 4.79 Å². The first-order valence-electron chi connectivity index (χ1n) is 9.49. The summed E-state index contributed by atoms with van der Waals surface area (Å²) in [6.45, 7) is 5.57. The molecule has 132 valence electrons. The molecule has 0 unspecified atom stereocenters. The Morgan fingerprint density at radius 2 is 1.75 bits per heavy atom. The largest absolute Gasteiger partial charge is 0.326 e. The molecule has 3 rings (SSSR count). The second-order valence-electron chi connectivity index (χ2n) is 7.51. The topological polar surface area (TPSA) is 35.6 Å². The van der Waals surface area contributed by atoms with Crippen molar-refractivity contribution in [1.29, 1.82) is 0 Å². The van der Waals surface area contributed by atoms with Crippen molar-refractivity contribution in [2.24, 2.45) is 5.92 Å². The van der Waals surface area contributed by atoms with Gasteiger partial charge in [-0.3, -0.25) is 9.69 Å². The van der Waals surface area contributed by atoms with Gasteiger partial charge in [-0.05, 0) is 37.1 Å². The van der Waals surface area contributed by atoms with Gasteiger partial charge in [-0.15, -0.1) is 0 Å². The van der Waals surface area contributed by atoms with Crippen LogP contribution in [0.3, 0.4) is 0 Å². The molecule has 1 saturated carbocycles. The Balaban J connectivity index is 1.41. The Morgan fingerprint density at radius 1 is 1.08 bits per heavy atom. The Kier molecular flexibility index (Phi) is 6.27. The highest BCUT2D eigenvalue weighted by Crippen LogP contribution is 2.28. The Labute approximate surface area is 146 Å². The molecular weight excluding hydrogens is 298 g/mol. The van der Waals surface area contributed by atoms with Gasteiger partial charge in [0.15, 0.2) is 0 Å². The first kappa shape index (κ1) is 17.4. The van der Waals surface area contributed by atoms with Crippen LogP contribution in [0.25, 0.3) is 0 Å². The van der Waals surface area contributed by atoms with Crippen molar-refractivity contribution in [2.75, 3.05) is 38.5 Å². The van der Waals surface area contributed by atoms with Gasteiger partial charge in [0.25, 0.3) is 0 Å². The number of likely N-dealkylation sites (N-methyl/N-ethyl adjacent to an activating group) is 1. The minimum atomic E-state index is 0.161. The van der Waals surface area contributed by atoms with Gasteiger partial charge in [0.2, 0.25) is 5.91 Å². The molecule has 2 aliphatic rings. The minimum absolute atomic E-state index is 0.161. The van der Waals surface area contributed by atoms with Crippen LogP contribution in [0.4, 0.5) is 5.69 Å². The van der Waals surface area contributed by atoms with E-state index in [2.05, 4.69) is 34.3 Å². The highest BCUT2D eigenvalue weighted by atomic mass is 16.1. The number of piperazine rings is 1. The number of hydrogen-bond acceptors (Lipinski definition) is 3. The van der Waals surface area contributed by atoms with Crippen molar-refractivity contribution in [2.45, 2.75) is 45.1 Å². The third-order valence-electron chi connectivity index (χ3n) is 5.49. The minimum Gasteiger partial charge on any atom is -0.326 e. The maximum Gasteiger partial charge on any atom is 0.224 e. The summed E-state index contributed by atoms with van der Waals surface area (Å²) in [7, 11) is 2.18. The molecule has 1 N–H and O–H groups in total. The fourth-order valence-corrected chi connectivity index (χ4v) is 3.82. The molecular formula is C20H31N3O. The molecule has 1 amide bonds. The van der Waals surface area contributed by atoms with Gasteiger partial charge in [-0.2, -0.15) is 0 Å². The van der Waals surface area contributed by atoms with E-state index in [0.29, 0.717) is 6.42 Å². The number of amides is 1. The van der Waals surface area contributed by atoms with Crippen molar-refractivity contribution < 1.29 is 4.79 Å². The second kappa shape index (κ2) is 8.63. The molecule has 0 bridgehead atoms. The van der Waals surface area contributed by atoms with E-state index >= 15 is 0 Å². The lowest BCUT2D eigenvalue weighted by Crippen LogP contribution is -2.43. The number of carbonyl (C=O) groups is 1. The van der Waals surface area contributed by atoms with Gasteiger partial charge in [0, 0.05) is 44.8 Å². The van der Waals surface area contributed by atoms with Crippen LogP contribution < -0.4 is 5.32 Å². The molecule has 1 aromatic carbocycles. The molecule has 4 nitrogen and oxygen atoms in total. The summed E-state index contributed by atoms with van der Waals surface area (Å²) in [6.07, 6.45) is 7.03. The smallest absolute Gasteiger partial charge is 0.224 e. The fourth-order valence-electron chi connectivity index (χ4n) is 3.82. The fraction of sp³-hybridized carbons (Fsp3) is 0.650. The Morgan fingerprint density at radius 3 is 2.42 bits per heavy atom. The highest BCUT2D eigenvalue weighted by molar-refractivity contribution is 5.90. The predicted octanol–water partition coefficient (Wildman–Crippen LogP) is 3.34. The number of carbonyl (C=O) groups excluding carboxylic acids is 1. The lowest BCUT2D eigenvalue weighted by molar-refractivity contribution is -0.116. The summed E-state index contributed by atoms with van der Waals surface area (Å²) in [5.41, 5.74) is 2.25. The quantitative estimate of drug-likeness (QED) is 0.869. The second-order valence-corrected chi connectivity index (χ2v) is 7.51. The zero-order valence-electron chi connectivity index (χ0n) is 15.0. The van der Waals surface area contributed by atoms with Crippen molar-refractivity contribution >= 4 is 11.6 Å². The molecule has 0 radical (unpaired) electrons. The molecule has 24 heavy (non-hydrogen) atoms. The first-order valence-corrected chi connectivity index (χ1v) is 9.49. The molecule has 1 aliphatic carbocycles. The number of hydrogen-bond donors (Lipinski definition) is 1. The van der Waals surface area contributed by atoms with Crippen molar-refractivity contribution in [3.63, 3.8) is 0 Å². The molecule has 2 fully saturated rings. The van der Waals surface area contributed by atoms with Crippen LogP contribution in [-0.4, -0.2) is 48.9 Å². The standard InChI is InChI=1S/C20H31N3O/c1-22-12-14-23(15-13-22)16-18-6-9-19(10-7-18)21-20(24)11-8-17-4-2-3-5-17/h6-7,9-10,17H,2-5,8,11-16H2,1H3,(H,21,24). The van der Waals surface area contributed by atoms with Crippen LogP contribution in [-0.2, 0) is 11.3 Å². The third-order valence-corrected chi connectivity index (χ3v) is 5.49. The maximum absolute atomic E-state index is 12.1. The van der Waals surface area contributed by atoms with Crippen LogP contribution in [0.2, 0.25) is 0 Å².